The van der Waals surface area contributed by atoms with E-state index in [2.05, 4.69) is 20.4 Å². The van der Waals surface area contributed by atoms with Gasteiger partial charge in [0.15, 0.2) is 0 Å². The van der Waals surface area contributed by atoms with Crippen LogP contribution in [0.15, 0.2) is 41.8 Å². The summed E-state index contributed by atoms with van der Waals surface area (Å²) in [5.41, 5.74) is 1.06. The van der Waals surface area contributed by atoms with Crippen molar-refractivity contribution in [3.05, 3.63) is 42.5 Å². The predicted octanol–water partition coefficient (Wildman–Crippen LogP) is 2.83. The molecule has 0 aromatic heterocycles. The molecular weight excluding hydrogens is 258 g/mol. The Hall–Kier alpha value is -1.13. The Morgan fingerprint density at radius 1 is 1.32 bits per heavy atom. The fraction of sp³-hybridized carbons (Fsp3) is 0.467. The number of nitrogens with zero attached hydrogens (tertiary/aromatic N) is 1. The summed E-state index contributed by atoms with van der Waals surface area (Å²) in [7, 11) is -3.38. The molecule has 104 valence electrons. The van der Waals surface area contributed by atoms with Crippen molar-refractivity contribution in [3.63, 3.8) is 0 Å². The Bertz CT molecular complexity index is 560. The van der Waals surface area contributed by atoms with Crippen LogP contribution in [0.2, 0.25) is 0 Å². The molecule has 1 fully saturated rings. The lowest BCUT2D eigenvalue weighted by molar-refractivity contribution is 0.0978. The van der Waals surface area contributed by atoms with Gasteiger partial charge in [0.2, 0.25) is 10.0 Å². The number of hydrogen-bond donors (Lipinski definition) is 0. The Labute approximate surface area is 116 Å². The van der Waals surface area contributed by atoms with Crippen molar-refractivity contribution in [1.82, 2.24) is 4.31 Å². The summed E-state index contributed by atoms with van der Waals surface area (Å²) in [5.74, 6) is 0.838. The molecule has 1 aromatic carbocycles. The molecule has 4 heteroatoms. The molecule has 0 amide bonds. The molecule has 1 aromatic rings. The van der Waals surface area contributed by atoms with E-state index in [1.165, 1.54) is 0 Å². The minimum atomic E-state index is -3.38. The summed E-state index contributed by atoms with van der Waals surface area (Å²) >= 11 is 0. The monoisotopic (exact) mass is 279 g/mol. The van der Waals surface area contributed by atoms with E-state index in [4.69, 9.17) is 0 Å². The highest BCUT2D eigenvalue weighted by molar-refractivity contribution is 7.89. The zero-order valence-corrected chi connectivity index (χ0v) is 12.5. The molecule has 3 nitrogen and oxygen atoms in total. The van der Waals surface area contributed by atoms with E-state index in [-0.39, 0.29) is 6.04 Å². The highest BCUT2D eigenvalue weighted by Gasteiger charge is 2.45. The largest absolute Gasteiger partial charge is 0.243 e. The van der Waals surface area contributed by atoms with Gasteiger partial charge in [-0.1, -0.05) is 37.6 Å². The summed E-state index contributed by atoms with van der Waals surface area (Å²) in [5, 5.41) is 0. The van der Waals surface area contributed by atoms with Crippen molar-refractivity contribution in [2.24, 2.45) is 11.8 Å². The van der Waals surface area contributed by atoms with Crippen molar-refractivity contribution in [3.8, 4) is 0 Å². The van der Waals surface area contributed by atoms with Gasteiger partial charge in [-0.25, -0.2) is 8.42 Å². The normalized spacial score (nSPS) is 24.2. The fourth-order valence-corrected chi connectivity index (χ4v) is 4.20. The summed E-state index contributed by atoms with van der Waals surface area (Å²) in [6, 6.07) is 6.93. The van der Waals surface area contributed by atoms with Gasteiger partial charge in [-0.3, -0.25) is 0 Å². The molecule has 0 N–H and O–H groups in total. The van der Waals surface area contributed by atoms with E-state index >= 15 is 0 Å². The van der Waals surface area contributed by atoms with Crippen LogP contribution in [0.5, 0.6) is 0 Å². The van der Waals surface area contributed by atoms with Gasteiger partial charge >= 0.3 is 0 Å². The second-order valence-electron chi connectivity index (χ2n) is 5.52. The molecule has 1 saturated heterocycles. The topological polar surface area (TPSA) is 37.4 Å². The third kappa shape index (κ3) is 2.47. The molecule has 0 spiro atoms. The Morgan fingerprint density at radius 2 is 1.89 bits per heavy atom. The van der Waals surface area contributed by atoms with E-state index in [0.717, 1.165) is 5.56 Å². The van der Waals surface area contributed by atoms with Gasteiger partial charge in [-0.2, -0.15) is 4.31 Å². The minimum Gasteiger partial charge on any atom is -0.207 e. The van der Waals surface area contributed by atoms with Crippen molar-refractivity contribution in [1.29, 1.82) is 0 Å². The standard InChI is InChI=1S/C15H21NO2S/c1-5-15-14(11(2)3)10-16(15)19(17,18)13-8-6-12(4)7-9-13/h5-9,11,14-15H,1,10H2,2-4H3/t14-,15+/m0/s1. The SMILES string of the molecule is C=C[C@@H]1[C@H](C(C)C)CN1S(=O)(=O)c1ccc(C)cc1. The van der Waals surface area contributed by atoms with Gasteiger partial charge in [0.05, 0.1) is 4.90 Å². The van der Waals surface area contributed by atoms with Crippen LogP contribution in [0.4, 0.5) is 0 Å². The molecule has 2 atom stereocenters. The van der Waals surface area contributed by atoms with Crippen molar-refractivity contribution in [2.75, 3.05) is 6.54 Å². The molecule has 19 heavy (non-hydrogen) atoms. The molecule has 0 saturated carbocycles. The van der Waals surface area contributed by atoms with Crippen LogP contribution in [0.1, 0.15) is 19.4 Å². The van der Waals surface area contributed by atoms with E-state index in [0.29, 0.717) is 23.3 Å². The van der Waals surface area contributed by atoms with E-state index < -0.39 is 10.0 Å². The third-order valence-electron chi connectivity index (χ3n) is 3.89. The van der Waals surface area contributed by atoms with Gasteiger partial charge in [0, 0.05) is 12.6 Å². The average Bonchev–Trinajstić information content (AvgIpc) is 2.27. The number of aryl methyl sites for hydroxylation is 1. The van der Waals surface area contributed by atoms with E-state index in [1.807, 2.05) is 19.1 Å². The molecule has 1 aliphatic heterocycles. The molecular formula is C15H21NO2S. The molecule has 0 bridgehead atoms. The summed E-state index contributed by atoms with van der Waals surface area (Å²) in [6.45, 7) is 10.6. The van der Waals surface area contributed by atoms with Crippen LogP contribution in [0, 0.1) is 18.8 Å². The zero-order valence-electron chi connectivity index (χ0n) is 11.7. The second kappa shape index (κ2) is 5.10. The smallest absolute Gasteiger partial charge is 0.207 e. The van der Waals surface area contributed by atoms with Crippen LogP contribution in [-0.2, 0) is 10.0 Å². The summed E-state index contributed by atoms with van der Waals surface area (Å²) in [6.07, 6.45) is 1.75. The van der Waals surface area contributed by atoms with Crippen LogP contribution < -0.4 is 0 Å². The number of hydrogen-bond acceptors (Lipinski definition) is 2. The maximum atomic E-state index is 12.5. The quantitative estimate of drug-likeness (QED) is 0.795. The lowest BCUT2D eigenvalue weighted by Gasteiger charge is -2.47. The fourth-order valence-electron chi connectivity index (χ4n) is 2.51. The number of sulfonamides is 1. The highest BCUT2D eigenvalue weighted by atomic mass is 32.2. The van der Waals surface area contributed by atoms with Gasteiger partial charge in [0.25, 0.3) is 0 Å². The minimum absolute atomic E-state index is 0.0775. The predicted molar refractivity (Wildman–Crippen MR) is 77.4 cm³/mol. The molecule has 0 aliphatic carbocycles. The van der Waals surface area contributed by atoms with E-state index in [1.54, 1.807) is 22.5 Å². The average molecular weight is 279 g/mol. The van der Waals surface area contributed by atoms with Crippen LogP contribution in [0.25, 0.3) is 0 Å². The summed E-state index contributed by atoms with van der Waals surface area (Å²) < 4.78 is 26.6. The highest BCUT2D eigenvalue weighted by Crippen LogP contribution is 2.36. The maximum Gasteiger partial charge on any atom is 0.243 e. The van der Waals surface area contributed by atoms with Crippen LogP contribution >= 0.6 is 0 Å². The van der Waals surface area contributed by atoms with Crippen LogP contribution in [0.3, 0.4) is 0 Å². The zero-order chi connectivity index (χ0) is 14.2. The third-order valence-corrected chi connectivity index (χ3v) is 5.77. The lowest BCUT2D eigenvalue weighted by atomic mass is 9.82. The summed E-state index contributed by atoms with van der Waals surface area (Å²) in [4.78, 5) is 0.368. The second-order valence-corrected chi connectivity index (χ2v) is 7.41. The van der Waals surface area contributed by atoms with Crippen LogP contribution in [-0.4, -0.2) is 25.3 Å². The van der Waals surface area contributed by atoms with Crippen molar-refractivity contribution >= 4 is 10.0 Å². The molecule has 0 unspecified atom stereocenters. The first-order valence-electron chi connectivity index (χ1n) is 6.59. The molecule has 2 rings (SSSR count). The van der Waals surface area contributed by atoms with Crippen molar-refractivity contribution < 1.29 is 8.42 Å². The van der Waals surface area contributed by atoms with Gasteiger partial charge in [-0.15, -0.1) is 6.58 Å². The Kier molecular flexibility index (Phi) is 3.83. The van der Waals surface area contributed by atoms with Gasteiger partial charge < -0.3 is 0 Å². The van der Waals surface area contributed by atoms with Gasteiger partial charge in [-0.05, 0) is 30.9 Å². The molecule has 0 radical (unpaired) electrons. The Balaban J connectivity index is 2.27. The molecule has 1 heterocycles. The van der Waals surface area contributed by atoms with Crippen molar-refractivity contribution in [2.45, 2.75) is 31.7 Å². The van der Waals surface area contributed by atoms with Gasteiger partial charge in [0.1, 0.15) is 0 Å². The Morgan fingerprint density at radius 3 is 2.37 bits per heavy atom. The number of benzene rings is 1. The lowest BCUT2D eigenvalue weighted by Crippen LogP contribution is -2.59. The maximum absolute atomic E-state index is 12.5. The first kappa shape index (κ1) is 14.3. The first-order chi connectivity index (χ1) is 8.87. The number of rotatable bonds is 4. The first-order valence-corrected chi connectivity index (χ1v) is 8.03. The molecule has 1 aliphatic rings. The van der Waals surface area contributed by atoms with E-state index in [9.17, 15) is 8.42 Å².